The molecule has 0 radical (unpaired) electrons. The molecule has 0 atom stereocenters. The third-order valence-corrected chi connectivity index (χ3v) is 1.82. The van der Waals surface area contributed by atoms with Gasteiger partial charge in [-0.2, -0.15) is 0 Å². The normalized spacial score (nSPS) is 10.5. The van der Waals surface area contributed by atoms with E-state index >= 15 is 0 Å². The number of aromatic amines is 1. The smallest absolute Gasteiger partial charge is 0.294 e. The predicted molar refractivity (Wildman–Crippen MR) is 44.9 cm³/mol. The molecule has 1 heterocycles. The molecule has 4 nitrogen and oxygen atoms in total. The molecule has 0 aliphatic carbocycles. The summed E-state index contributed by atoms with van der Waals surface area (Å²) in [6.45, 7) is 0. The molecule has 0 unspecified atom stereocenters. The van der Waals surface area contributed by atoms with Crippen LogP contribution in [0.15, 0.2) is 24.4 Å². The van der Waals surface area contributed by atoms with E-state index < -0.39 is 10.7 Å². The van der Waals surface area contributed by atoms with Crippen LogP contribution in [0.5, 0.6) is 0 Å². The largest absolute Gasteiger partial charge is 0.355 e. The van der Waals surface area contributed by atoms with Crippen molar-refractivity contribution >= 4 is 16.6 Å². The Labute approximate surface area is 72.1 Å². The van der Waals surface area contributed by atoms with Crippen LogP contribution in [-0.2, 0) is 0 Å². The van der Waals surface area contributed by atoms with Gasteiger partial charge in [0.25, 0.3) is 5.69 Å². The quantitative estimate of drug-likeness (QED) is 0.540. The summed E-state index contributed by atoms with van der Waals surface area (Å²) in [6.07, 6.45) is 1.25. The first-order valence-corrected chi connectivity index (χ1v) is 3.59. The lowest BCUT2D eigenvalue weighted by Gasteiger charge is -1.89. The molecule has 0 aliphatic rings. The summed E-state index contributed by atoms with van der Waals surface area (Å²) in [7, 11) is 0. The number of nitrogens with zero attached hydrogens (tertiary/aromatic N) is 1. The molecule has 0 saturated heterocycles. The van der Waals surface area contributed by atoms with Gasteiger partial charge in [0.15, 0.2) is 0 Å². The van der Waals surface area contributed by atoms with E-state index in [2.05, 4.69) is 4.98 Å². The van der Waals surface area contributed by atoms with Crippen molar-refractivity contribution in [1.29, 1.82) is 0 Å². The SMILES string of the molecule is O=[N+]([O-])c1c[nH]c2cc(F)ccc12. The number of fused-ring (bicyclic) bond motifs is 1. The fraction of sp³-hybridized carbons (Fsp3) is 0. The van der Waals surface area contributed by atoms with Crippen molar-refractivity contribution in [2.75, 3.05) is 0 Å². The molecule has 1 aromatic heterocycles. The summed E-state index contributed by atoms with van der Waals surface area (Å²) in [5.74, 6) is -0.413. The van der Waals surface area contributed by atoms with E-state index in [0.717, 1.165) is 0 Å². The van der Waals surface area contributed by atoms with Crippen molar-refractivity contribution in [1.82, 2.24) is 4.98 Å². The van der Waals surface area contributed by atoms with Crippen LogP contribution in [0, 0.1) is 15.9 Å². The van der Waals surface area contributed by atoms with Crippen molar-refractivity contribution < 1.29 is 9.31 Å². The van der Waals surface area contributed by atoms with Crippen LogP contribution < -0.4 is 0 Å². The van der Waals surface area contributed by atoms with Gasteiger partial charge < -0.3 is 4.98 Å². The Kier molecular flexibility index (Phi) is 1.51. The molecule has 0 spiro atoms. The summed E-state index contributed by atoms with van der Waals surface area (Å²) in [4.78, 5) is 12.6. The number of benzene rings is 1. The minimum absolute atomic E-state index is 0.0324. The van der Waals surface area contributed by atoms with E-state index in [0.29, 0.717) is 10.9 Å². The molecule has 0 fully saturated rings. The minimum atomic E-state index is -0.503. The first-order valence-electron chi connectivity index (χ1n) is 3.59. The molecule has 66 valence electrons. The van der Waals surface area contributed by atoms with Gasteiger partial charge in [0, 0.05) is 0 Å². The summed E-state index contributed by atoms with van der Waals surface area (Å²) >= 11 is 0. The van der Waals surface area contributed by atoms with E-state index in [1.54, 1.807) is 0 Å². The Morgan fingerprint density at radius 1 is 1.46 bits per heavy atom. The zero-order valence-corrected chi connectivity index (χ0v) is 6.45. The number of H-pyrrole nitrogens is 1. The number of nitro groups is 1. The van der Waals surface area contributed by atoms with Crippen LogP contribution in [0.2, 0.25) is 0 Å². The van der Waals surface area contributed by atoms with E-state index in [-0.39, 0.29) is 5.69 Å². The third kappa shape index (κ3) is 1.14. The average Bonchev–Trinajstić information content (AvgIpc) is 2.46. The molecule has 0 bridgehead atoms. The highest BCUT2D eigenvalue weighted by molar-refractivity contribution is 5.88. The van der Waals surface area contributed by atoms with E-state index in [9.17, 15) is 14.5 Å². The van der Waals surface area contributed by atoms with Gasteiger partial charge in [-0.25, -0.2) is 4.39 Å². The molecule has 13 heavy (non-hydrogen) atoms. The number of nitrogens with one attached hydrogen (secondary N) is 1. The monoisotopic (exact) mass is 180 g/mol. The fourth-order valence-corrected chi connectivity index (χ4v) is 1.23. The molecule has 2 aromatic rings. The fourth-order valence-electron chi connectivity index (χ4n) is 1.23. The second-order valence-corrected chi connectivity index (χ2v) is 2.62. The lowest BCUT2D eigenvalue weighted by molar-refractivity contribution is -0.383. The number of hydrogen-bond donors (Lipinski definition) is 1. The van der Waals surface area contributed by atoms with Gasteiger partial charge in [0.1, 0.15) is 5.82 Å². The second-order valence-electron chi connectivity index (χ2n) is 2.62. The van der Waals surface area contributed by atoms with Crippen molar-refractivity contribution in [2.24, 2.45) is 0 Å². The molecular weight excluding hydrogens is 175 g/mol. The Hall–Kier alpha value is -1.91. The minimum Gasteiger partial charge on any atom is -0.355 e. The van der Waals surface area contributed by atoms with Gasteiger partial charge in [-0.3, -0.25) is 10.1 Å². The maximum Gasteiger partial charge on any atom is 0.294 e. The molecule has 0 aliphatic heterocycles. The molecule has 1 N–H and O–H groups in total. The highest BCUT2D eigenvalue weighted by Crippen LogP contribution is 2.24. The number of aromatic nitrogens is 1. The Bertz CT molecular complexity index is 478. The van der Waals surface area contributed by atoms with Crippen molar-refractivity contribution in [3.63, 3.8) is 0 Å². The lowest BCUT2D eigenvalue weighted by atomic mass is 10.2. The summed E-state index contributed by atoms with van der Waals surface area (Å²) in [6, 6.07) is 3.81. The number of rotatable bonds is 1. The van der Waals surface area contributed by atoms with E-state index in [1.165, 1.54) is 24.4 Å². The van der Waals surface area contributed by atoms with Crippen molar-refractivity contribution in [3.8, 4) is 0 Å². The summed E-state index contributed by atoms with van der Waals surface area (Å²) < 4.78 is 12.7. The summed E-state index contributed by atoms with van der Waals surface area (Å²) in [5, 5.41) is 10.9. The zero-order valence-electron chi connectivity index (χ0n) is 6.45. The van der Waals surface area contributed by atoms with Crippen molar-refractivity contribution in [3.05, 3.63) is 40.3 Å². The van der Waals surface area contributed by atoms with Crippen LogP contribution in [-0.4, -0.2) is 9.91 Å². The summed E-state index contributed by atoms with van der Waals surface area (Å²) in [5.41, 5.74) is 0.404. The first-order chi connectivity index (χ1) is 6.18. The third-order valence-electron chi connectivity index (χ3n) is 1.82. The number of hydrogen-bond acceptors (Lipinski definition) is 2. The first kappa shape index (κ1) is 7.72. The highest BCUT2D eigenvalue weighted by Gasteiger charge is 2.13. The van der Waals surface area contributed by atoms with Crippen LogP contribution in [0.1, 0.15) is 0 Å². The van der Waals surface area contributed by atoms with Crippen LogP contribution in [0.4, 0.5) is 10.1 Å². The molecule has 2 rings (SSSR count). The second kappa shape index (κ2) is 2.55. The zero-order chi connectivity index (χ0) is 9.42. The van der Waals surface area contributed by atoms with Crippen LogP contribution >= 0.6 is 0 Å². The molecule has 5 heteroatoms. The Morgan fingerprint density at radius 2 is 2.23 bits per heavy atom. The Morgan fingerprint density at radius 3 is 2.92 bits per heavy atom. The molecule has 1 aromatic carbocycles. The maximum atomic E-state index is 12.7. The molecular formula is C8H5FN2O2. The van der Waals surface area contributed by atoms with Crippen molar-refractivity contribution in [2.45, 2.75) is 0 Å². The van der Waals surface area contributed by atoms with Crippen LogP contribution in [0.3, 0.4) is 0 Å². The van der Waals surface area contributed by atoms with Gasteiger partial charge >= 0.3 is 0 Å². The van der Waals surface area contributed by atoms with E-state index in [4.69, 9.17) is 0 Å². The maximum absolute atomic E-state index is 12.7. The van der Waals surface area contributed by atoms with E-state index in [1.807, 2.05) is 0 Å². The number of halogens is 1. The molecule has 0 amide bonds. The van der Waals surface area contributed by atoms with Crippen LogP contribution in [0.25, 0.3) is 10.9 Å². The predicted octanol–water partition coefficient (Wildman–Crippen LogP) is 2.22. The van der Waals surface area contributed by atoms with Gasteiger partial charge in [0.05, 0.1) is 22.0 Å². The van der Waals surface area contributed by atoms with Gasteiger partial charge in [-0.15, -0.1) is 0 Å². The Balaban J connectivity index is 2.76. The topological polar surface area (TPSA) is 58.9 Å². The van der Waals surface area contributed by atoms with Gasteiger partial charge in [0.2, 0.25) is 0 Å². The molecule has 0 saturated carbocycles. The van der Waals surface area contributed by atoms with Gasteiger partial charge in [-0.05, 0) is 18.2 Å². The highest BCUT2D eigenvalue weighted by atomic mass is 19.1. The van der Waals surface area contributed by atoms with Gasteiger partial charge in [-0.1, -0.05) is 0 Å². The lowest BCUT2D eigenvalue weighted by Crippen LogP contribution is -1.84. The average molecular weight is 180 g/mol. The standard InChI is InChI=1S/C8H5FN2O2/c9-5-1-2-6-7(3-5)10-4-8(6)11(12)13/h1-4,10H.